The van der Waals surface area contributed by atoms with E-state index in [0.717, 1.165) is 41.9 Å². The second kappa shape index (κ2) is 8.04. The van der Waals surface area contributed by atoms with E-state index >= 15 is 0 Å². The molecule has 2 aromatic carbocycles. The third-order valence-electron chi connectivity index (χ3n) is 4.74. The van der Waals surface area contributed by atoms with Crippen molar-refractivity contribution in [1.29, 1.82) is 0 Å². The molecule has 1 aliphatic rings. The summed E-state index contributed by atoms with van der Waals surface area (Å²) in [4.78, 5) is 26.0. The van der Waals surface area contributed by atoms with E-state index in [-0.39, 0.29) is 11.9 Å². The molecule has 0 atom stereocenters. The third-order valence-corrected chi connectivity index (χ3v) is 4.74. The van der Waals surface area contributed by atoms with E-state index < -0.39 is 0 Å². The molecule has 0 unspecified atom stereocenters. The van der Waals surface area contributed by atoms with Crippen LogP contribution in [0.15, 0.2) is 42.5 Å². The van der Waals surface area contributed by atoms with Crippen LogP contribution in [0.3, 0.4) is 0 Å². The Morgan fingerprint density at radius 3 is 2.69 bits per heavy atom. The molecule has 3 amide bonds. The Hall–Kier alpha value is -2.82. The average Bonchev–Trinajstić information content (AvgIpc) is 3.09. The van der Waals surface area contributed by atoms with Crippen molar-refractivity contribution in [2.24, 2.45) is 0 Å². The summed E-state index contributed by atoms with van der Waals surface area (Å²) >= 11 is 0. The molecule has 3 rings (SSSR count). The molecule has 0 radical (unpaired) electrons. The van der Waals surface area contributed by atoms with Gasteiger partial charge in [-0.25, -0.2) is 4.79 Å². The molecular weight excluding hydrogens is 326 g/mol. The van der Waals surface area contributed by atoms with Gasteiger partial charge in [-0.3, -0.25) is 4.79 Å². The highest BCUT2D eigenvalue weighted by Crippen LogP contribution is 2.29. The minimum absolute atomic E-state index is 0.156. The van der Waals surface area contributed by atoms with Crippen molar-refractivity contribution in [3.8, 4) is 0 Å². The first-order chi connectivity index (χ1) is 12.6. The highest BCUT2D eigenvalue weighted by molar-refractivity contribution is 5.95. The highest BCUT2D eigenvalue weighted by atomic mass is 16.2. The second-order valence-corrected chi connectivity index (χ2v) is 6.43. The van der Waals surface area contributed by atoms with Gasteiger partial charge in [0.15, 0.2) is 0 Å². The van der Waals surface area contributed by atoms with Gasteiger partial charge in [-0.1, -0.05) is 44.2 Å². The van der Waals surface area contributed by atoms with Crippen molar-refractivity contribution in [3.05, 3.63) is 59.2 Å². The number of fused-ring (bicyclic) bond motifs is 1. The van der Waals surface area contributed by atoms with Gasteiger partial charge in [-0.15, -0.1) is 0 Å². The van der Waals surface area contributed by atoms with Crippen molar-refractivity contribution in [3.63, 3.8) is 0 Å². The summed E-state index contributed by atoms with van der Waals surface area (Å²) in [7, 11) is 0. The number of rotatable bonds is 5. The Labute approximate surface area is 154 Å². The fourth-order valence-electron chi connectivity index (χ4n) is 3.31. The topological polar surface area (TPSA) is 61.4 Å². The Morgan fingerprint density at radius 2 is 1.92 bits per heavy atom. The van der Waals surface area contributed by atoms with Crippen LogP contribution in [0.2, 0.25) is 0 Å². The molecule has 5 heteroatoms. The molecule has 0 saturated heterocycles. The van der Waals surface area contributed by atoms with Gasteiger partial charge in [0.1, 0.15) is 0 Å². The van der Waals surface area contributed by atoms with E-state index in [1.54, 1.807) is 0 Å². The van der Waals surface area contributed by atoms with Crippen molar-refractivity contribution in [2.45, 2.75) is 39.7 Å². The molecule has 0 spiro atoms. The molecule has 0 fully saturated rings. The number of benzene rings is 2. The lowest BCUT2D eigenvalue weighted by Crippen LogP contribution is -2.28. The predicted octanol–water partition coefficient (Wildman–Crippen LogP) is 3.87. The number of hydrogen-bond donors (Lipinski definition) is 2. The summed E-state index contributed by atoms with van der Waals surface area (Å²) in [6.07, 6.45) is 2.25. The summed E-state index contributed by atoms with van der Waals surface area (Å²) < 4.78 is 0. The number of nitrogens with zero attached hydrogens (tertiary/aromatic N) is 1. The molecule has 1 aliphatic heterocycles. The third kappa shape index (κ3) is 3.87. The molecule has 0 bridgehead atoms. The van der Waals surface area contributed by atoms with Gasteiger partial charge in [0.2, 0.25) is 5.91 Å². The summed E-state index contributed by atoms with van der Waals surface area (Å²) in [6.45, 7) is 5.14. The second-order valence-electron chi connectivity index (χ2n) is 6.43. The van der Waals surface area contributed by atoms with Crippen LogP contribution in [-0.4, -0.2) is 18.5 Å². The number of hydrogen-bond acceptors (Lipinski definition) is 2. The number of aryl methyl sites for hydroxylation is 1. The molecule has 0 aliphatic carbocycles. The van der Waals surface area contributed by atoms with E-state index in [4.69, 9.17) is 0 Å². The Balaban J connectivity index is 1.60. The van der Waals surface area contributed by atoms with Crippen LogP contribution in [0.1, 0.15) is 37.0 Å². The van der Waals surface area contributed by atoms with Crippen molar-refractivity contribution in [1.82, 2.24) is 5.32 Å². The van der Waals surface area contributed by atoms with Crippen LogP contribution in [-0.2, 0) is 24.2 Å². The van der Waals surface area contributed by atoms with E-state index in [9.17, 15) is 9.59 Å². The predicted molar refractivity (Wildman–Crippen MR) is 104 cm³/mol. The summed E-state index contributed by atoms with van der Waals surface area (Å²) in [5, 5.41) is 5.82. The van der Waals surface area contributed by atoms with Crippen molar-refractivity contribution in [2.75, 3.05) is 16.8 Å². The number of urea groups is 1. The summed E-state index contributed by atoms with van der Waals surface area (Å²) in [6, 6.07) is 13.6. The average molecular weight is 351 g/mol. The molecule has 2 N–H and O–H groups in total. The van der Waals surface area contributed by atoms with Gasteiger partial charge < -0.3 is 15.5 Å². The van der Waals surface area contributed by atoms with Gasteiger partial charge in [-0.2, -0.15) is 0 Å². The van der Waals surface area contributed by atoms with Crippen LogP contribution < -0.4 is 15.5 Å². The Morgan fingerprint density at radius 1 is 1.12 bits per heavy atom. The van der Waals surface area contributed by atoms with Crippen molar-refractivity contribution >= 4 is 23.3 Å². The molecule has 5 nitrogen and oxygen atoms in total. The quantitative estimate of drug-likeness (QED) is 0.859. The molecule has 0 aromatic heterocycles. The SMILES string of the molecule is CCC(=O)N1CCc2cc(CNC(=O)Nc3ccccc3CC)ccc21. The van der Waals surface area contributed by atoms with Gasteiger partial charge in [-0.05, 0) is 41.7 Å². The van der Waals surface area contributed by atoms with Gasteiger partial charge in [0.25, 0.3) is 0 Å². The van der Waals surface area contributed by atoms with Gasteiger partial charge in [0, 0.05) is 30.9 Å². The van der Waals surface area contributed by atoms with Crippen LogP contribution in [0, 0.1) is 0 Å². The number of amides is 3. The van der Waals surface area contributed by atoms with Gasteiger partial charge in [0.05, 0.1) is 0 Å². The van der Waals surface area contributed by atoms with Gasteiger partial charge >= 0.3 is 6.03 Å². The number of anilines is 2. The van der Waals surface area contributed by atoms with Crippen molar-refractivity contribution < 1.29 is 9.59 Å². The van der Waals surface area contributed by atoms with E-state index in [0.29, 0.717) is 13.0 Å². The fourth-order valence-corrected chi connectivity index (χ4v) is 3.31. The van der Waals surface area contributed by atoms with Crippen LogP contribution >= 0.6 is 0 Å². The van der Waals surface area contributed by atoms with Crippen LogP contribution in [0.25, 0.3) is 0 Å². The molecular formula is C21H25N3O2. The zero-order valence-corrected chi connectivity index (χ0v) is 15.3. The Kier molecular flexibility index (Phi) is 5.56. The zero-order valence-electron chi connectivity index (χ0n) is 15.3. The molecule has 2 aromatic rings. The minimum Gasteiger partial charge on any atom is -0.334 e. The minimum atomic E-state index is -0.214. The highest BCUT2D eigenvalue weighted by Gasteiger charge is 2.23. The lowest BCUT2D eigenvalue weighted by Gasteiger charge is -2.16. The molecule has 26 heavy (non-hydrogen) atoms. The lowest BCUT2D eigenvalue weighted by atomic mass is 10.1. The maximum absolute atomic E-state index is 12.2. The number of carbonyl (C=O) groups is 2. The van der Waals surface area contributed by atoms with E-state index in [1.165, 1.54) is 5.56 Å². The van der Waals surface area contributed by atoms with E-state index in [1.807, 2.05) is 48.2 Å². The first-order valence-corrected chi connectivity index (χ1v) is 9.17. The molecule has 136 valence electrons. The monoisotopic (exact) mass is 351 g/mol. The normalized spacial score (nSPS) is 12.6. The first kappa shape index (κ1) is 18.0. The first-order valence-electron chi connectivity index (χ1n) is 9.17. The largest absolute Gasteiger partial charge is 0.334 e. The number of para-hydroxylation sites is 1. The standard InChI is InChI=1S/C21H25N3O2/c1-3-16-7-5-6-8-18(16)23-21(26)22-14-15-9-10-19-17(13-15)11-12-24(19)20(25)4-2/h5-10,13H,3-4,11-12,14H2,1-2H3,(H2,22,23,26). The smallest absolute Gasteiger partial charge is 0.319 e. The molecule has 1 heterocycles. The maximum Gasteiger partial charge on any atom is 0.319 e. The lowest BCUT2D eigenvalue weighted by molar-refractivity contribution is -0.118. The Bertz CT molecular complexity index is 817. The number of nitrogens with one attached hydrogen (secondary N) is 2. The maximum atomic E-state index is 12.2. The summed E-state index contributed by atoms with van der Waals surface area (Å²) in [5.74, 6) is 0.156. The van der Waals surface area contributed by atoms with E-state index in [2.05, 4.69) is 23.6 Å². The number of carbonyl (C=O) groups excluding carboxylic acids is 2. The molecule has 0 saturated carbocycles. The fraction of sp³-hybridized carbons (Fsp3) is 0.333. The van der Waals surface area contributed by atoms with Crippen LogP contribution in [0.5, 0.6) is 0 Å². The van der Waals surface area contributed by atoms with Crippen LogP contribution in [0.4, 0.5) is 16.2 Å². The summed E-state index contributed by atoms with van der Waals surface area (Å²) in [5.41, 5.74) is 5.16. The zero-order chi connectivity index (χ0) is 18.5.